The van der Waals surface area contributed by atoms with E-state index in [4.69, 9.17) is 9.47 Å². The highest BCUT2D eigenvalue weighted by Gasteiger charge is 2.35. The van der Waals surface area contributed by atoms with Crippen molar-refractivity contribution in [3.05, 3.63) is 35.4 Å². The van der Waals surface area contributed by atoms with Crippen LogP contribution >= 0.6 is 0 Å². The molecule has 0 bridgehead atoms. The molecule has 1 aromatic carbocycles. The van der Waals surface area contributed by atoms with Crippen molar-refractivity contribution in [3.8, 4) is 0 Å². The highest BCUT2D eigenvalue weighted by atomic mass is 19.2. The van der Waals surface area contributed by atoms with Crippen molar-refractivity contribution in [1.29, 1.82) is 0 Å². The molecular formula is C30H49F2NO7. The van der Waals surface area contributed by atoms with Crippen LogP contribution in [-0.4, -0.2) is 69.7 Å². The van der Waals surface area contributed by atoms with E-state index in [1.165, 1.54) is 13.0 Å². The molecule has 10 heteroatoms. The molecule has 1 aliphatic rings. The lowest BCUT2D eigenvalue weighted by atomic mass is 9.91. The summed E-state index contributed by atoms with van der Waals surface area (Å²) in [5.41, 5.74) is 0.382. The van der Waals surface area contributed by atoms with Gasteiger partial charge < -0.3 is 35.2 Å². The molecule has 1 amide bonds. The van der Waals surface area contributed by atoms with Crippen LogP contribution in [0.5, 0.6) is 0 Å². The van der Waals surface area contributed by atoms with Crippen molar-refractivity contribution in [2.75, 3.05) is 6.61 Å². The Kier molecular flexibility index (Phi) is 15.5. The molecule has 8 atom stereocenters. The van der Waals surface area contributed by atoms with E-state index in [-0.39, 0.29) is 31.0 Å². The first-order valence-electron chi connectivity index (χ1n) is 14.8. The molecule has 0 aliphatic carbocycles. The minimum Gasteiger partial charge on any atom is -0.393 e. The fourth-order valence-corrected chi connectivity index (χ4v) is 5.05. The second kappa shape index (κ2) is 18.0. The second-order valence-electron chi connectivity index (χ2n) is 11.1. The number of benzene rings is 1. The predicted octanol–water partition coefficient (Wildman–Crippen LogP) is 4.27. The molecule has 230 valence electrons. The SMILES string of the molecule is CCC1O[C@H](OC[C@H](NC(=O)CCCCCCCCCC(O)c2ccc(F)c(F)c2)[C@H](O)[C@@H](C)O)CC(O)[C@H]1C. The van der Waals surface area contributed by atoms with E-state index in [9.17, 15) is 34.0 Å². The average Bonchev–Trinajstić information content (AvgIpc) is 2.92. The Morgan fingerprint density at radius 3 is 2.35 bits per heavy atom. The topological polar surface area (TPSA) is 128 Å². The molecule has 3 unspecified atom stereocenters. The molecule has 8 nitrogen and oxygen atoms in total. The quantitative estimate of drug-likeness (QED) is 0.166. The third-order valence-corrected chi connectivity index (χ3v) is 7.78. The molecule has 1 aliphatic heterocycles. The summed E-state index contributed by atoms with van der Waals surface area (Å²) >= 11 is 0. The molecule has 0 aromatic heterocycles. The Morgan fingerprint density at radius 1 is 1.07 bits per heavy atom. The van der Waals surface area contributed by atoms with Crippen LogP contribution in [0.15, 0.2) is 18.2 Å². The zero-order valence-electron chi connectivity index (χ0n) is 24.1. The number of ether oxygens (including phenoxy) is 2. The Bertz CT molecular complexity index is 874. The van der Waals surface area contributed by atoms with Crippen LogP contribution in [0, 0.1) is 17.6 Å². The van der Waals surface area contributed by atoms with Gasteiger partial charge in [0.25, 0.3) is 0 Å². The van der Waals surface area contributed by atoms with E-state index >= 15 is 0 Å². The van der Waals surface area contributed by atoms with Gasteiger partial charge in [0.2, 0.25) is 5.91 Å². The third-order valence-electron chi connectivity index (χ3n) is 7.78. The van der Waals surface area contributed by atoms with Crippen LogP contribution in [0.3, 0.4) is 0 Å². The van der Waals surface area contributed by atoms with Gasteiger partial charge in [-0.25, -0.2) is 8.78 Å². The van der Waals surface area contributed by atoms with E-state index < -0.39 is 48.4 Å². The zero-order chi connectivity index (χ0) is 29.7. The van der Waals surface area contributed by atoms with E-state index in [1.807, 2.05) is 13.8 Å². The fraction of sp³-hybridized carbons (Fsp3) is 0.767. The summed E-state index contributed by atoms with van der Waals surface area (Å²) < 4.78 is 38.0. The molecule has 1 aromatic rings. The van der Waals surface area contributed by atoms with Crippen LogP contribution in [0.4, 0.5) is 8.78 Å². The molecule has 40 heavy (non-hydrogen) atoms. The normalized spacial score (nSPS) is 24.3. The molecule has 2 rings (SSSR count). The highest BCUT2D eigenvalue weighted by molar-refractivity contribution is 5.76. The van der Waals surface area contributed by atoms with E-state index in [1.54, 1.807) is 0 Å². The first-order valence-corrected chi connectivity index (χ1v) is 14.8. The van der Waals surface area contributed by atoms with Crippen molar-refractivity contribution >= 4 is 5.91 Å². The van der Waals surface area contributed by atoms with Gasteiger partial charge in [0, 0.05) is 18.8 Å². The largest absolute Gasteiger partial charge is 0.393 e. The molecule has 0 saturated carbocycles. The maximum absolute atomic E-state index is 13.3. The first-order chi connectivity index (χ1) is 19.0. The summed E-state index contributed by atoms with van der Waals surface area (Å²) in [7, 11) is 0. The maximum atomic E-state index is 13.3. The number of unbranched alkanes of at least 4 members (excludes halogenated alkanes) is 6. The van der Waals surface area contributed by atoms with Crippen molar-refractivity contribution < 1.29 is 43.5 Å². The van der Waals surface area contributed by atoms with Crippen LogP contribution in [0.2, 0.25) is 0 Å². The second-order valence-corrected chi connectivity index (χ2v) is 11.1. The average molecular weight is 574 g/mol. The number of amides is 1. The minimum atomic E-state index is -1.21. The summed E-state index contributed by atoms with van der Waals surface area (Å²) in [5, 5.41) is 43.5. The summed E-state index contributed by atoms with van der Waals surface area (Å²) in [4.78, 5) is 12.5. The van der Waals surface area contributed by atoms with Gasteiger partial charge in [0.1, 0.15) is 6.10 Å². The molecule has 5 N–H and O–H groups in total. The highest BCUT2D eigenvalue weighted by Crippen LogP contribution is 2.28. The number of rotatable bonds is 18. The van der Waals surface area contributed by atoms with Gasteiger partial charge in [0.05, 0.1) is 37.1 Å². The smallest absolute Gasteiger partial charge is 0.220 e. The minimum absolute atomic E-state index is 0.00347. The summed E-state index contributed by atoms with van der Waals surface area (Å²) in [6.45, 7) is 5.31. The lowest BCUT2D eigenvalue weighted by Gasteiger charge is -2.38. The number of hydrogen-bond acceptors (Lipinski definition) is 7. The number of halogens is 2. The van der Waals surface area contributed by atoms with Gasteiger partial charge in [-0.15, -0.1) is 0 Å². The van der Waals surface area contributed by atoms with Gasteiger partial charge in [-0.3, -0.25) is 4.79 Å². The molecule has 1 fully saturated rings. The Morgan fingerprint density at radius 2 is 1.73 bits per heavy atom. The standard InChI is InChI=1S/C30H49F2NO7/c1-4-27-19(2)26(36)17-29(40-27)39-18-24(30(38)20(3)34)33-28(37)13-11-9-7-5-6-8-10-12-25(35)21-14-15-22(31)23(32)16-21/h14-16,19-20,24-27,29-30,34-36,38H,4-13,17-18H2,1-3H3,(H,33,37)/t19-,20-,24+,25?,26?,27?,29+,30-/m1/s1. The number of aliphatic hydroxyl groups excluding tert-OH is 4. The van der Waals surface area contributed by atoms with Crippen molar-refractivity contribution in [1.82, 2.24) is 5.32 Å². The Labute approximate surface area is 237 Å². The van der Waals surface area contributed by atoms with Crippen LogP contribution in [-0.2, 0) is 14.3 Å². The van der Waals surface area contributed by atoms with Crippen LogP contribution in [0.25, 0.3) is 0 Å². The number of hydrogen-bond donors (Lipinski definition) is 5. The van der Waals surface area contributed by atoms with E-state index in [0.29, 0.717) is 24.8 Å². The van der Waals surface area contributed by atoms with Gasteiger partial charge >= 0.3 is 0 Å². The third kappa shape index (κ3) is 11.7. The summed E-state index contributed by atoms with van der Waals surface area (Å²) in [6, 6.07) is 2.65. The van der Waals surface area contributed by atoms with Crippen molar-refractivity contribution in [2.24, 2.45) is 5.92 Å². The Balaban J connectivity index is 1.61. The van der Waals surface area contributed by atoms with Crippen LogP contribution in [0.1, 0.15) is 103 Å². The van der Waals surface area contributed by atoms with Gasteiger partial charge in [-0.2, -0.15) is 0 Å². The van der Waals surface area contributed by atoms with Crippen molar-refractivity contribution in [2.45, 2.75) is 134 Å². The number of carbonyl (C=O) groups excluding carboxylic acids is 1. The monoisotopic (exact) mass is 573 g/mol. The maximum Gasteiger partial charge on any atom is 0.220 e. The molecular weight excluding hydrogens is 524 g/mol. The number of aliphatic hydroxyl groups is 4. The lowest BCUT2D eigenvalue weighted by molar-refractivity contribution is -0.238. The van der Waals surface area contributed by atoms with E-state index in [2.05, 4.69) is 5.32 Å². The fourth-order valence-electron chi connectivity index (χ4n) is 5.05. The van der Waals surface area contributed by atoms with Gasteiger partial charge in [-0.05, 0) is 43.9 Å². The van der Waals surface area contributed by atoms with Gasteiger partial charge in [0.15, 0.2) is 17.9 Å². The zero-order valence-corrected chi connectivity index (χ0v) is 24.1. The lowest BCUT2D eigenvalue weighted by Crippen LogP contribution is -2.52. The van der Waals surface area contributed by atoms with Crippen LogP contribution < -0.4 is 5.32 Å². The molecule has 1 saturated heterocycles. The predicted molar refractivity (Wildman–Crippen MR) is 147 cm³/mol. The number of carbonyl (C=O) groups is 1. The molecule has 0 radical (unpaired) electrons. The van der Waals surface area contributed by atoms with Gasteiger partial charge in [-0.1, -0.05) is 58.4 Å². The number of nitrogens with one attached hydrogen (secondary N) is 1. The Hall–Kier alpha value is -1.69. The first kappa shape index (κ1) is 34.5. The molecule has 0 spiro atoms. The van der Waals surface area contributed by atoms with Crippen molar-refractivity contribution in [3.63, 3.8) is 0 Å². The van der Waals surface area contributed by atoms with E-state index in [0.717, 1.165) is 57.1 Å². The molecule has 1 heterocycles. The summed E-state index contributed by atoms with van der Waals surface area (Å²) in [6.07, 6.45) is 3.57. The summed E-state index contributed by atoms with van der Waals surface area (Å²) in [5.74, 6) is -2.12.